The monoisotopic (exact) mass is 323 g/mol. The molecule has 1 aromatic carbocycles. The number of nitrogens with one attached hydrogen (secondary N) is 2. The first-order chi connectivity index (χ1) is 11.0. The van der Waals surface area contributed by atoms with Crippen LogP contribution in [0.2, 0.25) is 0 Å². The van der Waals surface area contributed by atoms with Crippen LogP contribution in [0.3, 0.4) is 0 Å². The van der Waals surface area contributed by atoms with Gasteiger partial charge in [0.2, 0.25) is 5.91 Å². The molecular formula is C15H18FN3O4. The summed E-state index contributed by atoms with van der Waals surface area (Å²) in [6.07, 6.45) is 0.655. The number of hydrogen-bond donors (Lipinski definition) is 3. The van der Waals surface area contributed by atoms with Gasteiger partial charge in [-0.3, -0.25) is 9.59 Å². The van der Waals surface area contributed by atoms with Crippen LogP contribution in [0.25, 0.3) is 0 Å². The molecule has 1 aromatic rings. The van der Waals surface area contributed by atoms with Crippen LogP contribution in [0.4, 0.5) is 14.9 Å². The molecule has 1 aliphatic heterocycles. The van der Waals surface area contributed by atoms with Crippen LogP contribution in [-0.2, 0) is 9.59 Å². The van der Waals surface area contributed by atoms with E-state index in [1.165, 1.54) is 17.0 Å². The number of carbonyl (C=O) groups is 3. The molecule has 0 spiro atoms. The number of carbonyl (C=O) groups excluding carboxylic acids is 2. The molecule has 124 valence electrons. The molecule has 3 N–H and O–H groups in total. The molecule has 8 heteroatoms. The molecule has 0 bridgehead atoms. The van der Waals surface area contributed by atoms with Crippen LogP contribution in [0.1, 0.15) is 19.3 Å². The first-order valence-electron chi connectivity index (χ1n) is 7.31. The quantitative estimate of drug-likeness (QED) is 0.683. The first-order valence-corrected chi connectivity index (χ1v) is 7.31. The molecule has 3 amide bonds. The highest BCUT2D eigenvalue weighted by Crippen LogP contribution is 2.24. The van der Waals surface area contributed by atoms with Crippen LogP contribution in [0, 0.1) is 5.82 Å². The number of urea groups is 1. The third kappa shape index (κ3) is 4.41. The Bertz CT molecular complexity index is 608. The lowest BCUT2D eigenvalue weighted by molar-refractivity contribution is -0.137. The van der Waals surface area contributed by atoms with Crippen molar-refractivity contribution in [1.82, 2.24) is 10.6 Å². The molecule has 1 saturated heterocycles. The van der Waals surface area contributed by atoms with Crippen molar-refractivity contribution in [3.63, 3.8) is 0 Å². The lowest BCUT2D eigenvalue weighted by Gasteiger charge is -2.18. The van der Waals surface area contributed by atoms with Crippen molar-refractivity contribution < 1.29 is 23.9 Å². The van der Waals surface area contributed by atoms with Gasteiger partial charge in [-0.15, -0.1) is 0 Å². The van der Waals surface area contributed by atoms with Crippen LogP contribution < -0.4 is 15.5 Å². The molecule has 7 nitrogen and oxygen atoms in total. The number of aliphatic carboxylic acids is 1. The van der Waals surface area contributed by atoms with Crippen molar-refractivity contribution in [2.24, 2.45) is 0 Å². The number of para-hydroxylation sites is 1. The molecule has 1 atom stereocenters. The summed E-state index contributed by atoms with van der Waals surface area (Å²) in [6, 6.07) is 4.72. The fraction of sp³-hybridized carbons (Fsp3) is 0.400. The van der Waals surface area contributed by atoms with Gasteiger partial charge >= 0.3 is 12.0 Å². The van der Waals surface area contributed by atoms with Crippen molar-refractivity contribution in [2.45, 2.75) is 25.3 Å². The molecule has 1 heterocycles. The number of hydrogen-bond acceptors (Lipinski definition) is 3. The minimum atomic E-state index is -0.932. The second kappa shape index (κ2) is 7.57. The minimum Gasteiger partial charge on any atom is -0.481 e. The van der Waals surface area contributed by atoms with E-state index in [1.807, 2.05) is 0 Å². The van der Waals surface area contributed by atoms with Crippen LogP contribution in [-0.4, -0.2) is 42.1 Å². The molecule has 1 unspecified atom stereocenters. The smallest absolute Gasteiger partial charge is 0.315 e. The minimum absolute atomic E-state index is 0.0380. The topological polar surface area (TPSA) is 98.7 Å². The lowest BCUT2D eigenvalue weighted by Crippen LogP contribution is -2.46. The largest absolute Gasteiger partial charge is 0.481 e. The zero-order valence-corrected chi connectivity index (χ0v) is 12.4. The fourth-order valence-corrected chi connectivity index (χ4v) is 2.37. The molecule has 0 radical (unpaired) electrons. The number of anilines is 1. The van der Waals surface area contributed by atoms with E-state index in [0.717, 1.165) is 0 Å². The van der Waals surface area contributed by atoms with Gasteiger partial charge in [-0.1, -0.05) is 12.1 Å². The standard InChI is InChI=1S/C15H18FN3O4/c16-10-4-1-2-5-12(10)19-9-7-11(14(19)22)18-15(23)17-8-3-6-13(20)21/h1-2,4-5,11H,3,6-9H2,(H,20,21)(H2,17,18,23). The summed E-state index contributed by atoms with van der Waals surface area (Å²) in [4.78, 5) is 35.6. The van der Waals surface area contributed by atoms with E-state index in [0.29, 0.717) is 19.4 Å². The summed E-state index contributed by atoms with van der Waals surface area (Å²) >= 11 is 0. The van der Waals surface area contributed by atoms with Gasteiger partial charge in [0.1, 0.15) is 11.9 Å². The van der Waals surface area contributed by atoms with Gasteiger partial charge in [-0.2, -0.15) is 0 Å². The highest BCUT2D eigenvalue weighted by molar-refractivity contribution is 6.01. The van der Waals surface area contributed by atoms with Crippen LogP contribution in [0.5, 0.6) is 0 Å². The number of benzene rings is 1. The van der Waals surface area contributed by atoms with Gasteiger partial charge in [-0.05, 0) is 25.0 Å². The zero-order valence-electron chi connectivity index (χ0n) is 12.4. The van der Waals surface area contributed by atoms with Gasteiger partial charge in [-0.25, -0.2) is 9.18 Å². The van der Waals surface area contributed by atoms with Crippen molar-refractivity contribution >= 4 is 23.6 Å². The Kier molecular flexibility index (Phi) is 5.51. The Balaban J connectivity index is 1.84. The highest BCUT2D eigenvalue weighted by Gasteiger charge is 2.34. The third-order valence-corrected chi connectivity index (χ3v) is 3.51. The van der Waals surface area contributed by atoms with E-state index in [1.54, 1.807) is 12.1 Å². The van der Waals surface area contributed by atoms with E-state index in [9.17, 15) is 18.8 Å². The van der Waals surface area contributed by atoms with E-state index in [4.69, 9.17) is 5.11 Å². The molecule has 2 rings (SSSR count). The molecule has 1 fully saturated rings. The van der Waals surface area contributed by atoms with Crippen LogP contribution in [0.15, 0.2) is 24.3 Å². The van der Waals surface area contributed by atoms with Crippen molar-refractivity contribution in [3.05, 3.63) is 30.1 Å². The first kappa shape index (κ1) is 16.7. The van der Waals surface area contributed by atoms with Gasteiger partial charge < -0.3 is 20.6 Å². The summed E-state index contributed by atoms with van der Waals surface area (Å²) in [7, 11) is 0. The van der Waals surface area contributed by atoms with Gasteiger partial charge in [0.25, 0.3) is 0 Å². The number of nitrogens with zero attached hydrogens (tertiary/aromatic N) is 1. The van der Waals surface area contributed by atoms with Crippen molar-refractivity contribution in [3.8, 4) is 0 Å². The third-order valence-electron chi connectivity index (χ3n) is 3.51. The SMILES string of the molecule is O=C(O)CCCNC(=O)NC1CCN(c2ccccc2F)C1=O. The summed E-state index contributed by atoms with van der Waals surface area (Å²) < 4.78 is 13.7. The Hall–Kier alpha value is -2.64. The predicted molar refractivity (Wildman–Crippen MR) is 80.6 cm³/mol. The van der Waals surface area contributed by atoms with Crippen LogP contribution >= 0.6 is 0 Å². The zero-order chi connectivity index (χ0) is 16.8. The number of halogens is 1. The average molecular weight is 323 g/mol. The number of carboxylic acid groups (broad SMARTS) is 1. The molecule has 23 heavy (non-hydrogen) atoms. The van der Waals surface area contributed by atoms with E-state index in [-0.39, 0.29) is 24.6 Å². The maximum atomic E-state index is 13.7. The maximum Gasteiger partial charge on any atom is 0.315 e. The van der Waals surface area contributed by atoms with Crippen molar-refractivity contribution in [1.29, 1.82) is 0 Å². The maximum absolute atomic E-state index is 13.7. The average Bonchev–Trinajstić information content (AvgIpc) is 2.85. The number of amides is 3. The van der Waals surface area contributed by atoms with E-state index in [2.05, 4.69) is 10.6 Å². The molecule has 0 aliphatic carbocycles. The summed E-state index contributed by atoms with van der Waals surface area (Å²) in [5, 5.41) is 13.5. The van der Waals surface area contributed by atoms with Gasteiger partial charge in [0.05, 0.1) is 5.69 Å². The number of carboxylic acids is 1. The number of rotatable bonds is 6. The highest BCUT2D eigenvalue weighted by atomic mass is 19.1. The summed E-state index contributed by atoms with van der Waals surface area (Å²) in [5.74, 6) is -1.78. The fourth-order valence-electron chi connectivity index (χ4n) is 2.37. The molecule has 1 aliphatic rings. The van der Waals surface area contributed by atoms with E-state index < -0.39 is 23.9 Å². The Morgan fingerprint density at radius 3 is 2.78 bits per heavy atom. The lowest BCUT2D eigenvalue weighted by atomic mass is 10.2. The van der Waals surface area contributed by atoms with E-state index >= 15 is 0 Å². The Labute approximate surface area is 132 Å². The normalized spacial score (nSPS) is 17.2. The second-order valence-corrected chi connectivity index (χ2v) is 5.18. The summed E-state index contributed by atoms with van der Waals surface area (Å²) in [6.45, 7) is 0.528. The second-order valence-electron chi connectivity index (χ2n) is 5.18. The Morgan fingerprint density at radius 1 is 1.35 bits per heavy atom. The predicted octanol–water partition coefficient (Wildman–Crippen LogP) is 1.09. The van der Waals surface area contributed by atoms with Crippen molar-refractivity contribution in [2.75, 3.05) is 18.0 Å². The molecule has 0 aromatic heterocycles. The van der Waals surface area contributed by atoms with Gasteiger partial charge in [0, 0.05) is 19.5 Å². The van der Waals surface area contributed by atoms with Gasteiger partial charge in [0.15, 0.2) is 0 Å². The summed E-state index contributed by atoms with van der Waals surface area (Å²) in [5.41, 5.74) is 0.198. The molecule has 0 saturated carbocycles. The molecular weight excluding hydrogens is 305 g/mol. The Morgan fingerprint density at radius 2 is 2.09 bits per heavy atom.